The minimum atomic E-state index is 1.12. The SMILES string of the molecule is C1=C2CCNC=C2CS1. The van der Waals surface area contributed by atoms with Gasteiger partial charge in [0.2, 0.25) is 0 Å². The normalized spacial score (nSPS) is 24.0. The van der Waals surface area contributed by atoms with Crippen LogP contribution in [0.25, 0.3) is 0 Å². The van der Waals surface area contributed by atoms with Crippen LogP contribution in [0.2, 0.25) is 0 Å². The summed E-state index contributed by atoms with van der Waals surface area (Å²) in [5, 5.41) is 5.52. The van der Waals surface area contributed by atoms with E-state index >= 15 is 0 Å². The van der Waals surface area contributed by atoms with Gasteiger partial charge >= 0.3 is 0 Å². The van der Waals surface area contributed by atoms with Gasteiger partial charge in [-0.2, -0.15) is 0 Å². The average Bonchev–Trinajstić information content (AvgIpc) is 2.33. The number of thioether (sulfide) groups is 1. The molecule has 0 aromatic rings. The Morgan fingerprint density at radius 2 is 2.44 bits per heavy atom. The van der Waals surface area contributed by atoms with Crippen molar-refractivity contribution < 1.29 is 0 Å². The Labute approximate surface area is 59.2 Å². The first kappa shape index (κ1) is 5.42. The minimum Gasteiger partial charge on any atom is -0.390 e. The lowest BCUT2D eigenvalue weighted by atomic mass is 10.1. The van der Waals surface area contributed by atoms with E-state index in [0.717, 1.165) is 6.54 Å². The Morgan fingerprint density at radius 3 is 3.33 bits per heavy atom. The second kappa shape index (κ2) is 2.10. The Balaban J connectivity index is 2.30. The predicted octanol–water partition coefficient (Wildman–Crippen LogP) is 1.49. The summed E-state index contributed by atoms with van der Waals surface area (Å²) in [6, 6.07) is 0. The molecule has 2 heteroatoms. The monoisotopic (exact) mass is 139 g/mol. The van der Waals surface area contributed by atoms with E-state index in [0.29, 0.717) is 0 Å². The molecule has 1 N–H and O–H groups in total. The van der Waals surface area contributed by atoms with Gasteiger partial charge < -0.3 is 5.32 Å². The lowest BCUT2D eigenvalue weighted by molar-refractivity contribution is 0.793. The Morgan fingerprint density at radius 1 is 1.44 bits per heavy atom. The highest BCUT2D eigenvalue weighted by Crippen LogP contribution is 2.30. The second-order valence-electron chi connectivity index (χ2n) is 2.33. The number of hydrogen-bond donors (Lipinski definition) is 1. The van der Waals surface area contributed by atoms with Gasteiger partial charge in [0.25, 0.3) is 0 Å². The lowest BCUT2D eigenvalue weighted by Crippen LogP contribution is -2.14. The molecule has 2 aliphatic heterocycles. The number of hydrogen-bond acceptors (Lipinski definition) is 2. The summed E-state index contributed by atoms with van der Waals surface area (Å²) in [6.45, 7) is 1.12. The zero-order chi connectivity index (χ0) is 6.10. The number of rotatable bonds is 0. The lowest BCUT2D eigenvalue weighted by Gasteiger charge is -2.11. The predicted molar refractivity (Wildman–Crippen MR) is 41.2 cm³/mol. The highest BCUT2D eigenvalue weighted by Gasteiger charge is 2.13. The van der Waals surface area contributed by atoms with Gasteiger partial charge in [0.1, 0.15) is 0 Å². The topological polar surface area (TPSA) is 12.0 Å². The number of nitrogens with one attached hydrogen (secondary N) is 1. The summed E-state index contributed by atoms with van der Waals surface area (Å²) < 4.78 is 0. The van der Waals surface area contributed by atoms with E-state index in [9.17, 15) is 0 Å². The van der Waals surface area contributed by atoms with Crippen molar-refractivity contribution >= 4 is 11.8 Å². The maximum absolute atomic E-state index is 3.24. The van der Waals surface area contributed by atoms with Gasteiger partial charge in [-0.3, -0.25) is 0 Å². The van der Waals surface area contributed by atoms with E-state index in [2.05, 4.69) is 16.9 Å². The van der Waals surface area contributed by atoms with Crippen molar-refractivity contribution in [1.82, 2.24) is 5.32 Å². The molecule has 48 valence electrons. The van der Waals surface area contributed by atoms with Crippen LogP contribution < -0.4 is 5.32 Å². The molecule has 9 heavy (non-hydrogen) atoms. The molecule has 0 fully saturated rings. The Hall–Kier alpha value is -0.370. The van der Waals surface area contributed by atoms with Gasteiger partial charge in [-0.1, -0.05) is 0 Å². The molecule has 2 heterocycles. The third-order valence-electron chi connectivity index (χ3n) is 1.69. The first-order valence-corrected chi connectivity index (χ1v) is 4.25. The van der Waals surface area contributed by atoms with Crippen molar-refractivity contribution in [2.45, 2.75) is 6.42 Å². The molecule has 0 spiro atoms. The van der Waals surface area contributed by atoms with E-state index in [1.165, 1.54) is 17.7 Å². The van der Waals surface area contributed by atoms with Gasteiger partial charge in [0.15, 0.2) is 0 Å². The van der Waals surface area contributed by atoms with Crippen molar-refractivity contribution in [3.8, 4) is 0 Å². The fraction of sp³-hybridized carbons (Fsp3) is 0.429. The summed E-state index contributed by atoms with van der Waals surface area (Å²) in [5.74, 6) is 1.18. The van der Waals surface area contributed by atoms with Gasteiger partial charge in [0, 0.05) is 18.5 Å². The van der Waals surface area contributed by atoms with Crippen LogP contribution in [0.3, 0.4) is 0 Å². The third-order valence-corrected chi connectivity index (χ3v) is 2.62. The van der Waals surface area contributed by atoms with Gasteiger partial charge in [-0.05, 0) is 23.0 Å². The maximum atomic E-state index is 3.24. The molecule has 0 amide bonds. The smallest absolute Gasteiger partial charge is 0.0243 e. The minimum absolute atomic E-state index is 1.12. The Bertz CT molecular complexity index is 181. The zero-order valence-electron chi connectivity index (χ0n) is 5.18. The molecule has 0 saturated carbocycles. The zero-order valence-corrected chi connectivity index (χ0v) is 6.00. The molecule has 0 aromatic carbocycles. The first-order chi connectivity index (χ1) is 4.47. The molecular weight excluding hydrogens is 130 g/mol. The van der Waals surface area contributed by atoms with Crippen LogP contribution in [0.4, 0.5) is 0 Å². The second-order valence-corrected chi connectivity index (χ2v) is 3.19. The third kappa shape index (κ3) is 0.874. The van der Waals surface area contributed by atoms with Crippen molar-refractivity contribution in [2.24, 2.45) is 0 Å². The molecule has 1 nitrogen and oxygen atoms in total. The first-order valence-electron chi connectivity index (χ1n) is 3.20. The largest absolute Gasteiger partial charge is 0.390 e. The van der Waals surface area contributed by atoms with E-state index in [4.69, 9.17) is 0 Å². The van der Waals surface area contributed by atoms with Crippen LogP contribution in [0.5, 0.6) is 0 Å². The van der Waals surface area contributed by atoms with Crippen LogP contribution in [-0.2, 0) is 0 Å². The average molecular weight is 139 g/mol. The molecule has 0 atom stereocenters. The summed E-state index contributed by atoms with van der Waals surface area (Å²) in [4.78, 5) is 0. The fourth-order valence-corrected chi connectivity index (χ4v) is 2.16. The van der Waals surface area contributed by atoms with E-state index in [1.54, 1.807) is 5.57 Å². The van der Waals surface area contributed by atoms with Crippen LogP contribution >= 0.6 is 11.8 Å². The van der Waals surface area contributed by atoms with E-state index in [1.807, 2.05) is 11.8 Å². The molecule has 0 radical (unpaired) electrons. The van der Waals surface area contributed by atoms with Crippen molar-refractivity contribution in [1.29, 1.82) is 0 Å². The Kier molecular flexibility index (Phi) is 1.27. The molecule has 0 aromatic heterocycles. The van der Waals surface area contributed by atoms with Crippen molar-refractivity contribution in [2.75, 3.05) is 12.3 Å². The van der Waals surface area contributed by atoms with E-state index in [-0.39, 0.29) is 0 Å². The van der Waals surface area contributed by atoms with Gasteiger partial charge in [0.05, 0.1) is 0 Å². The summed E-state index contributed by atoms with van der Waals surface area (Å²) >= 11 is 1.91. The number of fused-ring (bicyclic) bond motifs is 1. The standard InChI is InChI=1S/C7H9NS/c1-2-8-3-7-5-9-4-6(1)7/h3-4,8H,1-2,5H2. The summed E-state index contributed by atoms with van der Waals surface area (Å²) in [6.07, 6.45) is 3.37. The van der Waals surface area contributed by atoms with Crippen molar-refractivity contribution in [3.63, 3.8) is 0 Å². The van der Waals surface area contributed by atoms with Crippen LogP contribution in [-0.4, -0.2) is 12.3 Å². The molecule has 0 bridgehead atoms. The molecular formula is C7H9NS. The summed E-state index contributed by atoms with van der Waals surface area (Å²) in [5.41, 5.74) is 3.06. The molecule has 2 aliphatic rings. The van der Waals surface area contributed by atoms with Crippen LogP contribution in [0, 0.1) is 0 Å². The summed E-state index contributed by atoms with van der Waals surface area (Å²) in [7, 11) is 0. The van der Waals surface area contributed by atoms with Crippen LogP contribution in [0.15, 0.2) is 22.8 Å². The quantitative estimate of drug-likeness (QED) is 0.545. The van der Waals surface area contributed by atoms with Crippen LogP contribution in [0.1, 0.15) is 6.42 Å². The van der Waals surface area contributed by atoms with Gasteiger partial charge in [-0.15, -0.1) is 11.8 Å². The van der Waals surface area contributed by atoms with E-state index < -0.39 is 0 Å². The maximum Gasteiger partial charge on any atom is 0.0243 e. The fourth-order valence-electron chi connectivity index (χ4n) is 1.16. The molecule has 0 aliphatic carbocycles. The van der Waals surface area contributed by atoms with Crippen molar-refractivity contribution in [3.05, 3.63) is 22.8 Å². The molecule has 0 saturated heterocycles. The highest BCUT2D eigenvalue weighted by atomic mass is 32.2. The molecule has 2 rings (SSSR count). The highest BCUT2D eigenvalue weighted by molar-refractivity contribution is 8.02. The molecule has 0 unspecified atom stereocenters. The van der Waals surface area contributed by atoms with Gasteiger partial charge in [-0.25, -0.2) is 0 Å².